The number of hydrogen-bond acceptors (Lipinski definition) is 8. The molecule has 0 aromatic carbocycles. The quantitative estimate of drug-likeness (QED) is 0.615. The molecule has 1 aromatic heterocycles. The van der Waals surface area contributed by atoms with Crippen LogP contribution in [0.3, 0.4) is 0 Å². The van der Waals surface area contributed by atoms with Crippen molar-refractivity contribution in [1.82, 2.24) is 19.4 Å². The fourth-order valence-electron chi connectivity index (χ4n) is 3.92. The number of alkyl halides is 3. The summed E-state index contributed by atoms with van der Waals surface area (Å²) in [7, 11) is 1.30. The molecule has 0 saturated carbocycles. The molecule has 0 amide bonds. The molecule has 10 nitrogen and oxygen atoms in total. The van der Waals surface area contributed by atoms with Crippen molar-refractivity contribution in [3.8, 4) is 11.8 Å². The van der Waals surface area contributed by atoms with Crippen LogP contribution in [0.5, 0.6) is 0 Å². The Kier molecular flexibility index (Phi) is 7.08. The third kappa shape index (κ3) is 4.45. The molecule has 2 unspecified atom stereocenters. The molecule has 2 aliphatic rings. The summed E-state index contributed by atoms with van der Waals surface area (Å²) in [5.74, 6) is 2.93. The standard InChI is InChI=1S/C20H27F3N6O4/c1-5-7-10-27-14-15(28(13(3)6-2)19(32)25(4)16(14)30)29(33-17(31)20(21,22)23)18(27)26-11-8-24-9-12-26/h13,18,24H,6,8-12H2,1-4H3. The van der Waals surface area contributed by atoms with E-state index in [0.29, 0.717) is 32.6 Å². The van der Waals surface area contributed by atoms with E-state index in [9.17, 15) is 27.6 Å². The van der Waals surface area contributed by atoms with Crippen molar-refractivity contribution in [2.45, 2.75) is 45.7 Å². The zero-order valence-corrected chi connectivity index (χ0v) is 18.9. The number of hydroxylamine groups is 1. The second kappa shape index (κ2) is 9.48. The Bertz CT molecular complexity index is 1080. The monoisotopic (exact) mass is 472 g/mol. The topological polar surface area (TPSA) is 92.0 Å². The van der Waals surface area contributed by atoms with Gasteiger partial charge >= 0.3 is 17.8 Å². The summed E-state index contributed by atoms with van der Waals surface area (Å²) in [5, 5.41) is 3.90. The van der Waals surface area contributed by atoms with Crippen molar-refractivity contribution in [3.05, 3.63) is 20.8 Å². The maximum Gasteiger partial charge on any atom is 0.493 e. The summed E-state index contributed by atoms with van der Waals surface area (Å²) in [6, 6.07) is -0.494. The zero-order valence-electron chi connectivity index (χ0n) is 18.9. The number of carbonyl (C=O) groups is 1. The molecule has 1 saturated heterocycles. The van der Waals surface area contributed by atoms with Crippen LogP contribution in [0.15, 0.2) is 9.59 Å². The van der Waals surface area contributed by atoms with Crippen molar-refractivity contribution in [3.63, 3.8) is 0 Å². The number of rotatable bonds is 5. The third-order valence-electron chi connectivity index (χ3n) is 5.77. The van der Waals surface area contributed by atoms with Crippen LogP contribution >= 0.6 is 0 Å². The highest BCUT2D eigenvalue weighted by atomic mass is 19.4. The molecule has 1 fully saturated rings. The van der Waals surface area contributed by atoms with Gasteiger partial charge in [0.25, 0.3) is 5.56 Å². The van der Waals surface area contributed by atoms with Gasteiger partial charge in [-0.15, -0.1) is 11.0 Å². The molecule has 3 heterocycles. The number of aromatic nitrogens is 2. The first-order chi connectivity index (χ1) is 15.5. The molecule has 0 aliphatic carbocycles. The van der Waals surface area contributed by atoms with E-state index in [0.717, 1.165) is 9.63 Å². The van der Waals surface area contributed by atoms with Gasteiger partial charge in [-0.3, -0.25) is 18.8 Å². The number of carbonyl (C=O) groups excluding carboxylic acids is 1. The van der Waals surface area contributed by atoms with Crippen molar-refractivity contribution >= 4 is 17.5 Å². The van der Waals surface area contributed by atoms with E-state index in [1.165, 1.54) is 16.5 Å². The second-order valence-corrected chi connectivity index (χ2v) is 7.84. The van der Waals surface area contributed by atoms with Gasteiger partial charge in [-0.2, -0.15) is 13.2 Å². The second-order valence-electron chi connectivity index (χ2n) is 7.84. The molecule has 1 N–H and O–H groups in total. The molecule has 182 valence electrons. The Morgan fingerprint density at radius 2 is 1.91 bits per heavy atom. The van der Waals surface area contributed by atoms with Crippen molar-refractivity contribution < 1.29 is 22.8 Å². The van der Waals surface area contributed by atoms with Crippen LogP contribution in [0.2, 0.25) is 0 Å². The maximum atomic E-state index is 13.2. The van der Waals surface area contributed by atoms with Crippen LogP contribution in [-0.4, -0.2) is 65.2 Å². The molecule has 2 atom stereocenters. The SMILES string of the molecule is CC#CCN1c2c(n(C(C)CC)c(=O)n(C)c2=O)N(OC(=O)C(F)(F)F)C1N1CCNCC1. The molecule has 0 bridgehead atoms. The van der Waals surface area contributed by atoms with Gasteiger partial charge < -0.3 is 15.1 Å². The normalized spacial score (nSPS) is 19.7. The smallest absolute Gasteiger partial charge is 0.327 e. The van der Waals surface area contributed by atoms with Crippen LogP contribution in [0.25, 0.3) is 0 Å². The van der Waals surface area contributed by atoms with Gasteiger partial charge in [0.05, 0.1) is 6.54 Å². The first kappa shape index (κ1) is 24.7. The van der Waals surface area contributed by atoms with E-state index in [4.69, 9.17) is 4.84 Å². The molecule has 3 rings (SSSR count). The number of nitrogens with zero attached hydrogens (tertiary/aromatic N) is 5. The summed E-state index contributed by atoms with van der Waals surface area (Å²) in [4.78, 5) is 46.3. The number of fused-ring (bicyclic) bond motifs is 1. The van der Waals surface area contributed by atoms with Crippen LogP contribution < -0.4 is 26.5 Å². The summed E-state index contributed by atoms with van der Waals surface area (Å²) in [6.45, 7) is 6.95. The fourth-order valence-corrected chi connectivity index (χ4v) is 3.92. The third-order valence-corrected chi connectivity index (χ3v) is 5.77. The Hall–Kier alpha value is -2.98. The number of piperazine rings is 1. The van der Waals surface area contributed by atoms with E-state index in [1.807, 2.05) is 0 Å². The molecule has 33 heavy (non-hydrogen) atoms. The predicted octanol–water partition coefficient (Wildman–Crippen LogP) is 0.377. The summed E-state index contributed by atoms with van der Waals surface area (Å²) in [5.41, 5.74) is -1.47. The molecular weight excluding hydrogens is 445 g/mol. The average molecular weight is 472 g/mol. The molecule has 1 aromatic rings. The molecule has 0 spiro atoms. The zero-order chi connectivity index (χ0) is 24.5. The van der Waals surface area contributed by atoms with Gasteiger partial charge in [0, 0.05) is 39.3 Å². The van der Waals surface area contributed by atoms with Crippen LogP contribution in [-0.2, 0) is 16.7 Å². The van der Waals surface area contributed by atoms with Crippen molar-refractivity contribution in [2.24, 2.45) is 7.05 Å². The Morgan fingerprint density at radius 1 is 1.27 bits per heavy atom. The lowest BCUT2D eigenvalue weighted by molar-refractivity contribution is -0.203. The minimum Gasteiger partial charge on any atom is -0.327 e. The highest BCUT2D eigenvalue weighted by molar-refractivity contribution is 5.80. The van der Waals surface area contributed by atoms with Crippen molar-refractivity contribution in [1.29, 1.82) is 0 Å². The molecular formula is C20H27F3N6O4. The van der Waals surface area contributed by atoms with Gasteiger partial charge in [0.1, 0.15) is 0 Å². The predicted molar refractivity (Wildman–Crippen MR) is 115 cm³/mol. The highest BCUT2D eigenvalue weighted by Crippen LogP contribution is 2.40. The lowest BCUT2D eigenvalue weighted by atomic mass is 10.2. The lowest BCUT2D eigenvalue weighted by Crippen LogP contribution is -2.61. The Morgan fingerprint density at radius 3 is 2.45 bits per heavy atom. The summed E-state index contributed by atoms with van der Waals surface area (Å²) >= 11 is 0. The first-order valence-corrected chi connectivity index (χ1v) is 10.6. The van der Waals surface area contributed by atoms with E-state index in [-0.39, 0.29) is 18.1 Å². The van der Waals surface area contributed by atoms with E-state index >= 15 is 0 Å². The van der Waals surface area contributed by atoms with Crippen LogP contribution in [0.1, 0.15) is 33.2 Å². The Labute approximate surface area is 188 Å². The largest absolute Gasteiger partial charge is 0.493 e. The Balaban J connectivity index is 2.32. The summed E-state index contributed by atoms with van der Waals surface area (Å²) in [6.07, 6.45) is -5.91. The number of anilines is 2. The molecule has 2 aliphatic heterocycles. The average Bonchev–Trinajstić information content (AvgIpc) is 3.09. The number of halogens is 3. The van der Waals surface area contributed by atoms with Gasteiger partial charge in [-0.25, -0.2) is 9.59 Å². The van der Waals surface area contributed by atoms with Gasteiger partial charge in [-0.05, 0) is 20.3 Å². The van der Waals surface area contributed by atoms with Crippen LogP contribution in [0.4, 0.5) is 24.7 Å². The lowest BCUT2D eigenvalue weighted by Gasteiger charge is -2.40. The molecule has 13 heteroatoms. The number of hydrogen-bond donors (Lipinski definition) is 1. The van der Waals surface area contributed by atoms with E-state index in [2.05, 4.69) is 17.2 Å². The fraction of sp³-hybridized carbons (Fsp3) is 0.650. The number of nitrogens with one attached hydrogen (secondary N) is 1. The minimum atomic E-state index is -5.27. The van der Waals surface area contributed by atoms with Gasteiger partial charge in [-0.1, -0.05) is 12.8 Å². The van der Waals surface area contributed by atoms with Crippen molar-refractivity contribution in [2.75, 3.05) is 42.7 Å². The molecule has 0 radical (unpaired) electrons. The van der Waals surface area contributed by atoms with Crippen LogP contribution in [0, 0.1) is 11.8 Å². The minimum absolute atomic E-state index is 0.0217. The van der Waals surface area contributed by atoms with Gasteiger partial charge in [0.2, 0.25) is 0 Å². The van der Waals surface area contributed by atoms with E-state index < -0.39 is 35.7 Å². The highest BCUT2D eigenvalue weighted by Gasteiger charge is 2.51. The van der Waals surface area contributed by atoms with E-state index in [1.54, 1.807) is 25.7 Å². The summed E-state index contributed by atoms with van der Waals surface area (Å²) < 4.78 is 41.7. The first-order valence-electron chi connectivity index (χ1n) is 10.6. The van der Waals surface area contributed by atoms with Gasteiger partial charge in [0.15, 0.2) is 17.8 Å². The maximum absolute atomic E-state index is 13.2.